The smallest absolute Gasteiger partial charge is 0.231 e. The van der Waals surface area contributed by atoms with E-state index in [1.807, 2.05) is 0 Å². The highest BCUT2D eigenvalue weighted by molar-refractivity contribution is 6.13. The SMILES string of the molecule is CC(=O)N(C(C)=O)c1[nH]nc(-c2c(F)cc(F)c(F)c2F)c1C#N. The summed E-state index contributed by atoms with van der Waals surface area (Å²) in [6.45, 7) is 2.03. The minimum absolute atomic E-state index is 0.0942. The van der Waals surface area contributed by atoms with Crippen molar-refractivity contribution < 1.29 is 27.2 Å². The van der Waals surface area contributed by atoms with Crippen LogP contribution < -0.4 is 4.90 Å². The van der Waals surface area contributed by atoms with Crippen molar-refractivity contribution in [2.24, 2.45) is 0 Å². The Kier molecular flexibility index (Phi) is 4.37. The second-order valence-electron chi connectivity index (χ2n) is 4.62. The van der Waals surface area contributed by atoms with Crippen LogP contribution in [-0.2, 0) is 9.59 Å². The summed E-state index contributed by atoms with van der Waals surface area (Å²) in [4.78, 5) is 23.6. The number of hydrogen-bond acceptors (Lipinski definition) is 4. The Hall–Kier alpha value is -3.22. The number of benzene rings is 1. The minimum Gasteiger partial charge on any atom is -0.274 e. The first-order valence-corrected chi connectivity index (χ1v) is 6.33. The number of hydrogen-bond donors (Lipinski definition) is 1. The van der Waals surface area contributed by atoms with Crippen molar-refractivity contribution in [2.75, 3.05) is 4.90 Å². The van der Waals surface area contributed by atoms with Crippen molar-refractivity contribution in [3.8, 4) is 17.3 Å². The van der Waals surface area contributed by atoms with E-state index >= 15 is 0 Å². The van der Waals surface area contributed by atoms with Gasteiger partial charge in [-0.3, -0.25) is 14.7 Å². The summed E-state index contributed by atoms with van der Waals surface area (Å²) in [7, 11) is 0. The first kappa shape index (κ1) is 17.1. The molecule has 0 spiro atoms. The molecule has 0 aliphatic carbocycles. The van der Waals surface area contributed by atoms with E-state index in [0.29, 0.717) is 4.90 Å². The van der Waals surface area contributed by atoms with Crippen molar-refractivity contribution in [1.82, 2.24) is 10.2 Å². The zero-order valence-electron chi connectivity index (χ0n) is 12.2. The van der Waals surface area contributed by atoms with Crippen molar-refractivity contribution in [2.45, 2.75) is 13.8 Å². The molecule has 0 atom stereocenters. The lowest BCUT2D eigenvalue weighted by molar-refractivity contribution is -0.124. The maximum Gasteiger partial charge on any atom is 0.231 e. The van der Waals surface area contributed by atoms with Gasteiger partial charge in [0, 0.05) is 19.9 Å². The predicted octanol–water partition coefficient (Wildman–Crippen LogP) is 2.40. The number of aromatic amines is 1. The topological polar surface area (TPSA) is 89.8 Å². The molecule has 0 aliphatic heterocycles. The zero-order valence-corrected chi connectivity index (χ0v) is 12.2. The standard InChI is InChI=1S/C14H8F4N4O2/c1-5(23)22(6(2)24)14-7(4-19)13(20-21-14)10-8(15)3-9(16)11(17)12(10)18/h3H,1-2H3,(H,20,21). The van der Waals surface area contributed by atoms with Gasteiger partial charge in [0.15, 0.2) is 23.3 Å². The van der Waals surface area contributed by atoms with Gasteiger partial charge in [0.05, 0.1) is 5.56 Å². The molecule has 1 aromatic heterocycles. The van der Waals surface area contributed by atoms with Crippen molar-refractivity contribution in [3.63, 3.8) is 0 Å². The maximum atomic E-state index is 13.9. The van der Waals surface area contributed by atoms with E-state index in [2.05, 4.69) is 10.2 Å². The number of aromatic nitrogens is 2. The van der Waals surface area contributed by atoms with Crippen LogP contribution in [0.5, 0.6) is 0 Å². The van der Waals surface area contributed by atoms with E-state index in [-0.39, 0.29) is 6.07 Å². The number of carbonyl (C=O) groups excluding carboxylic acids is 2. The highest BCUT2D eigenvalue weighted by Gasteiger charge is 2.29. The number of anilines is 1. The molecule has 0 bridgehead atoms. The molecule has 0 aliphatic rings. The Balaban J connectivity index is 2.77. The Morgan fingerprint density at radius 3 is 2.21 bits per heavy atom. The summed E-state index contributed by atoms with van der Waals surface area (Å²) < 4.78 is 54.1. The molecule has 1 N–H and O–H groups in total. The van der Waals surface area contributed by atoms with Crippen LogP contribution in [0.25, 0.3) is 11.3 Å². The van der Waals surface area contributed by atoms with Crippen LogP contribution >= 0.6 is 0 Å². The van der Waals surface area contributed by atoms with Gasteiger partial charge >= 0.3 is 0 Å². The van der Waals surface area contributed by atoms with E-state index < -0.39 is 57.7 Å². The molecule has 0 unspecified atom stereocenters. The monoisotopic (exact) mass is 340 g/mol. The predicted molar refractivity (Wildman–Crippen MR) is 72.4 cm³/mol. The highest BCUT2D eigenvalue weighted by Crippen LogP contribution is 2.33. The van der Waals surface area contributed by atoms with Crippen LogP contribution in [0, 0.1) is 34.6 Å². The third-order valence-corrected chi connectivity index (χ3v) is 3.06. The average molecular weight is 340 g/mol. The van der Waals surface area contributed by atoms with Crippen LogP contribution in [0.1, 0.15) is 19.4 Å². The maximum absolute atomic E-state index is 13.9. The molecule has 10 heteroatoms. The third-order valence-electron chi connectivity index (χ3n) is 3.06. The number of imide groups is 1. The highest BCUT2D eigenvalue weighted by atomic mass is 19.2. The van der Waals surface area contributed by atoms with E-state index in [1.54, 1.807) is 0 Å². The largest absolute Gasteiger partial charge is 0.274 e. The molecular weight excluding hydrogens is 332 g/mol. The zero-order chi connectivity index (χ0) is 18.2. The summed E-state index contributed by atoms with van der Waals surface area (Å²) in [6.07, 6.45) is 0. The summed E-state index contributed by atoms with van der Waals surface area (Å²) >= 11 is 0. The van der Waals surface area contributed by atoms with Gasteiger partial charge in [-0.1, -0.05) is 0 Å². The quantitative estimate of drug-likeness (QED) is 0.516. The Morgan fingerprint density at radius 2 is 1.71 bits per heavy atom. The molecule has 2 amide bonds. The Morgan fingerprint density at radius 1 is 1.12 bits per heavy atom. The number of nitrogens with zero attached hydrogens (tertiary/aromatic N) is 3. The molecule has 0 saturated carbocycles. The van der Waals surface area contributed by atoms with Crippen molar-refractivity contribution in [3.05, 3.63) is 34.9 Å². The van der Waals surface area contributed by atoms with E-state index in [0.717, 1.165) is 13.8 Å². The van der Waals surface area contributed by atoms with Gasteiger partial charge < -0.3 is 0 Å². The molecule has 0 saturated heterocycles. The van der Waals surface area contributed by atoms with Gasteiger partial charge in [-0.25, -0.2) is 22.5 Å². The summed E-state index contributed by atoms with van der Waals surface area (Å²) in [5.41, 5.74) is -2.38. The fraction of sp³-hybridized carbons (Fsp3) is 0.143. The van der Waals surface area contributed by atoms with Crippen molar-refractivity contribution >= 4 is 17.6 Å². The Bertz CT molecular complexity index is 887. The van der Waals surface area contributed by atoms with E-state index in [1.165, 1.54) is 6.07 Å². The lowest BCUT2D eigenvalue weighted by atomic mass is 10.1. The van der Waals surface area contributed by atoms with Gasteiger partial charge in [0.1, 0.15) is 23.1 Å². The first-order chi connectivity index (χ1) is 11.2. The van der Waals surface area contributed by atoms with Gasteiger partial charge in [0.25, 0.3) is 0 Å². The normalized spacial score (nSPS) is 10.4. The van der Waals surface area contributed by atoms with Crippen LogP contribution in [0.4, 0.5) is 23.4 Å². The minimum atomic E-state index is -1.95. The van der Waals surface area contributed by atoms with Gasteiger partial charge in [-0.05, 0) is 0 Å². The average Bonchev–Trinajstić information content (AvgIpc) is 2.87. The van der Waals surface area contributed by atoms with Crippen LogP contribution in [0.3, 0.4) is 0 Å². The van der Waals surface area contributed by atoms with Crippen LogP contribution in [0.2, 0.25) is 0 Å². The van der Waals surface area contributed by atoms with Gasteiger partial charge in [0.2, 0.25) is 11.8 Å². The lowest BCUT2D eigenvalue weighted by Gasteiger charge is -2.14. The lowest BCUT2D eigenvalue weighted by Crippen LogP contribution is -2.34. The second-order valence-corrected chi connectivity index (χ2v) is 4.62. The molecular formula is C14H8F4N4O2. The molecule has 1 heterocycles. The second kappa shape index (κ2) is 6.11. The molecule has 6 nitrogen and oxygen atoms in total. The van der Waals surface area contributed by atoms with Gasteiger partial charge in [-0.15, -0.1) is 0 Å². The van der Waals surface area contributed by atoms with Crippen LogP contribution in [-0.4, -0.2) is 22.0 Å². The molecule has 2 aromatic rings. The number of halogens is 4. The molecule has 0 fully saturated rings. The number of H-pyrrole nitrogens is 1. The molecule has 2 rings (SSSR count). The molecule has 1 aromatic carbocycles. The number of amides is 2. The third kappa shape index (κ3) is 2.60. The molecule has 24 heavy (non-hydrogen) atoms. The number of nitrogens with one attached hydrogen (secondary N) is 1. The molecule has 0 radical (unpaired) electrons. The number of carbonyl (C=O) groups is 2. The fourth-order valence-corrected chi connectivity index (χ4v) is 2.10. The van der Waals surface area contributed by atoms with E-state index in [4.69, 9.17) is 0 Å². The number of rotatable bonds is 2. The van der Waals surface area contributed by atoms with Crippen molar-refractivity contribution in [1.29, 1.82) is 5.26 Å². The fourth-order valence-electron chi connectivity index (χ4n) is 2.10. The summed E-state index contributed by atoms with van der Waals surface area (Å²) in [6, 6.07) is 1.63. The summed E-state index contributed by atoms with van der Waals surface area (Å²) in [5, 5.41) is 14.8. The Labute approximate surface area is 132 Å². The number of nitriles is 1. The van der Waals surface area contributed by atoms with Crippen LogP contribution in [0.15, 0.2) is 6.07 Å². The summed E-state index contributed by atoms with van der Waals surface area (Å²) in [5.74, 6) is -9.11. The van der Waals surface area contributed by atoms with Gasteiger partial charge in [-0.2, -0.15) is 10.4 Å². The van der Waals surface area contributed by atoms with E-state index in [9.17, 15) is 32.4 Å². The molecule has 124 valence electrons. The first-order valence-electron chi connectivity index (χ1n) is 6.33.